The fourth-order valence-corrected chi connectivity index (χ4v) is 2.92. The van der Waals surface area contributed by atoms with E-state index in [-0.39, 0.29) is 18.2 Å². The highest BCUT2D eigenvalue weighted by atomic mass is 16.5. The highest BCUT2D eigenvalue weighted by Gasteiger charge is 2.29. The number of carbonyl (C=O) groups excluding carboxylic acids is 1. The number of hydrogen-bond donors (Lipinski definition) is 0. The van der Waals surface area contributed by atoms with Crippen molar-refractivity contribution in [3.05, 3.63) is 29.8 Å². The summed E-state index contributed by atoms with van der Waals surface area (Å²) in [4.78, 5) is 11.3. The van der Waals surface area contributed by atoms with Crippen molar-refractivity contribution in [2.75, 3.05) is 0 Å². The minimum atomic E-state index is -0.184. The SMILES string of the molecule is CC(=O)O[C@H]1CCCC[C@@H]1c1cccc(OC(C)C)c1. The van der Waals surface area contributed by atoms with E-state index in [0.29, 0.717) is 5.92 Å². The zero-order chi connectivity index (χ0) is 14.5. The fraction of sp³-hybridized carbons (Fsp3) is 0.588. The summed E-state index contributed by atoms with van der Waals surface area (Å²) in [5.74, 6) is 1.00. The predicted molar refractivity (Wildman–Crippen MR) is 79.0 cm³/mol. The van der Waals surface area contributed by atoms with Crippen LogP contribution in [0.2, 0.25) is 0 Å². The molecule has 0 aromatic heterocycles. The predicted octanol–water partition coefficient (Wildman–Crippen LogP) is 4.06. The second-order valence-electron chi connectivity index (χ2n) is 5.78. The lowest BCUT2D eigenvalue weighted by Gasteiger charge is -2.31. The highest BCUT2D eigenvalue weighted by Crippen LogP contribution is 2.36. The van der Waals surface area contributed by atoms with Crippen LogP contribution in [0.3, 0.4) is 0 Å². The number of ether oxygens (including phenoxy) is 2. The van der Waals surface area contributed by atoms with Crippen LogP contribution in [0.15, 0.2) is 24.3 Å². The number of esters is 1. The van der Waals surface area contributed by atoms with Crippen LogP contribution in [0.1, 0.15) is 57.9 Å². The lowest BCUT2D eigenvalue weighted by molar-refractivity contribution is -0.148. The molecule has 2 rings (SSSR count). The van der Waals surface area contributed by atoms with Crippen molar-refractivity contribution in [3.8, 4) is 5.75 Å². The first kappa shape index (κ1) is 14.9. The minimum Gasteiger partial charge on any atom is -0.491 e. The Morgan fingerprint density at radius 2 is 2.00 bits per heavy atom. The average Bonchev–Trinajstić information content (AvgIpc) is 2.38. The van der Waals surface area contributed by atoms with Crippen molar-refractivity contribution >= 4 is 5.97 Å². The molecule has 1 aliphatic rings. The standard InChI is InChI=1S/C17H24O3/c1-12(2)19-15-8-6-7-14(11-15)16-9-4-5-10-17(16)20-13(3)18/h6-8,11-12,16-17H,4-5,9-10H2,1-3H3/t16-,17+/m1/s1. The molecular weight excluding hydrogens is 252 g/mol. The van der Waals surface area contributed by atoms with E-state index < -0.39 is 0 Å². The molecule has 3 heteroatoms. The van der Waals surface area contributed by atoms with Crippen LogP contribution in [0.25, 0.3) is 0 Å². The second-order valence-corrected chi connectivity index (χ2v) is 5.78. The van der Waals surface area contributed by atoms with E-state index in [9.17, 15) is 4.79 Å². The van der Waals surface area contributed by atoms with E-state index in [1.165, 1.54) is 18.9 Å². The number of hydrogen-bond acceptors (Lipinski definition) is 3. The zero-order valence-corrected chi connectivity index (χ0v) is 12.6. The van der Waals surface area contributed by atoms with Gasteiger partial charge in [0.1, 0.15) is 11.9 Å². The van der Waals surface area contributed by atoms with E-state index in [2.05, 4.69) is 12.1 Å². The molecule has 20 heavy (non-hydrogen) atoms. The van der Waals surface area contributed by atoms with E-state index in [0.717, 1.165) is 25.0 Å². The molecule has 0 N–H and O–H groups in total. The first-order chi connectivity index (χ1) is 9.56. The Balaban J connectivity index is 2.16. The largest absolute Gasteiger partial charge is 0.491 e. The molecule has 1 aromatic rings. The maximum Gasteiger partial charge on any atom is 0.302 e. The van der Waals surface area contributed by atoms with Gasteiger partial charge in [-0.3, -0.25) is 4.79 Å². The lowest BCUT2D eigenvalue weighted by atomic mass is 9.81. The van der Waals surface area contributed by atoms with Gasteiger partial charge in [0.05, 0.1) is 6.10 Å². The third-order valence-electron chi connectivity index (χ3n) is 3.68. The molecule has 1 aliphatic carbocycles. The summed E-state index contributed by atoms with van der Waals surface area (Å²) >= 11 is 0. The van der Waals surface area contributed by atoms with Crippen LogP contribution in [-0.4, -0.2) is 18.2 Å². The van der Waals surface area contributed by atoms with E-state index >= 15 is 0 Å². The van der Waals surface area contributed by atoms with Crippen molar-refractivity contribution in [3.63, 3.8) is 0 Å². The Morgan fingerprint density at radius 1 is 1.25 bits per heavy atom. The maximum atomic E-state index is 11.3. The summed E-state index contributed by atoms with van der Waals surface area (Å²) in [6.45, 7) is 5.54. The van der Waals surface area contributed by atoms with Crippen LogP contribution >= 0.6 is 0 Å². The van der Waals surface area contributed by atoms with Gasteiger partial charge in [0.15, 0.2) is 0 Å². The molecule has 1 aromatic carbocycles. The molecule has 0 spiro atoms. The minimum absolute atomic E-state index is 0.00977. The van der Waals surface area contributed by atoms with Gasteiger partial charge < -0.3 is 9.47 Å². The third-order valence-corrected chi connectivity index (χ3v) is 3.68. The smallest absolute Gasteiger partial charge is 0.302 e. The van der Waals surface area contributed by atoms with E-state index in [4.69, 9.17) is 9.47 Å². The van der Waals surface area contributed by atoms with Gasteiger partial charge in [-0.25, -0.2) is 0 Å². The third kappa shape index (κ3) is 3.99. The van der Waals surface area contributed by atoms with Crippen molar-refractivity contribution in [1.82, 2.24) is 0 Å². The monoisotopic (exact) mass is 276 g/mol. The Bertz CT molecular complexity index is 453. The Kier molecular flexibility index (Phi) is 5.05. The van der Waals surface area contributed by atoms with Gasteiger partial charge in [-0.2, -0.15) is 0 Å². The molecule has 0 unspecified atom stereocenters. The van der Waals surface area contributed by atoms with Crippen LogP contribution in [0, 0.1) is 0 Å². The van der Waals surface area contributed by atoms with Gasteiger partial charge in [-0.15, -0.1) is 0 Å². The molecule has 0 aliphatic heterocycles. The van der Waals surface area contributed by atoms with Gasteiger partial charge in [-0.1, -0.05) is 18.6 Å². The molecule has 0 amide bonds. The van der Waals surface area contributed by atoms with E-state index in [1.54, 1.807) is 0 Å². The Hall–Kier alpha value is -1.51. The van der Waals surface area contributed by atoms with Gasteiger partial charge in [-0.05, 0) is 50.8 Å². The Morgan fingerprint density at radius 3 is 2.70 bits per heavy atom. The van der Waals surface area contributed by atoms with Crippen LogP contribution in [0.5, 0.6) is 5.75 Å². The normalized spacial score (nSPS) is 22.6. The molecule has 3 nitrogen and oxygen atoms in total. The lowest BCUT2D eigenvalue weighted by Crippen LogP contribution is -2.27. The van der Waals surface area contributed by atoms with Crippen molar-refractivity contribution in [1.29, 1.82) is 0 Å². The topological polar surface area (TPSA) is 35.5 Å². The number of rotatable bonds is 4. The quantitative estimate of drug-likeness (QED) is 0.778. The summed E-state index contributed by atoms with van der Waals surface area (Å²) in [6, 6.07) is 8.20. The first-order valence-corrected chi connectivity index (χ1v) is 7.50. The molecule has 1 saturated carbocycles. The molecule has 1 fully saturated rings. The van der Waals surface area contributed by atoms with Crippen LogP contribution in [0.4, 0.5) is 0 Å². The summed E-state index contributed by atoms with van der Waals surface area (Å²) in [7, 11) is 0. The molecule has 0 radical (unpaired) electrons. The maximum absolute atomic E-state index is 11.3. The first-order valence-electron chi connectivity index (χ1n) is 7.50. The van der Waals surface area contributed by atoms with Gasteiger partial charge in [0.2, 0.25) is 0 Å². The van der Waals surface area contributed by atoms with E-state index in [1.807, 2.05) is 26.0 Å². The summed E-state index contributed by atoms with van der Waals surface area (Å²) in [6.07, 6.45) is 4.54. The molecule has 0 heterocycles. The molecule has 0 bridgehead atoms. The van der Waals surface area contributed by atoms with Crippen LogP contribution in [-0.2, 0) is 9.53 Å². The second kappa shape index (κ2) is 6.78. The molecule has 2 atom stereocenters. The van der Waals surface area contributed by atoms with Crippen molar-refractivity contribution in [2.45, 2.75) is 64.6 Å². The van der Waals surface area contributed by atoms with Crippen molar-refractivity contribution in [2.24, 2.45) is 0 Å². The molecule has 0 saturated heterocycles. The average molecular weight is 276 g/mol. The van der Waals surface area contributed by atoms with Crippen LogP contribution < -0.4 is 4.74 Å². The number of carbonyl (C=O) groups is 1. The highest BCUT2D eigenvalue weighted by molar-refractivity contribution is 5.66. The van der Waals surface area contributed by atoms with Gasteiger partial charge >= 0.3 is 5.97 Å². The van der Waals surface area contributed by atoms with Gasteiger partial charge in [0, 0.05) is 12.8 Å². The Labute approximate surface area is 121 Å². The summed E-state index contributed by atoms with van der Waals surface area (Å²) in [5.41, 5.74) is 1.22. The van der Waals surface area contributed by atoms with Gasteiger partial charge in [0.25, 0.3) is 0 Å². The fourth-order valence-electron chi connectivity index (χ4n) is 2.92. The molecule has 110 valence electrons. The summed E-state index contributed by atoms with van der Waals surface area (Å²) < 4.78 is 11.3. The summed E-state index contributed by atoms with van der Waals surface area (Å²) in [5, 5.41) is 0. The number of benzene rings is 1. The zero-order valence-electron chi connectivity index (χ0n) is 12.6. The van der Waals surface area contributed by atoms with Crippen molar-refractivity contribution < 1.29 is 14.3 Å². The molecular formula is C17H24O3.